The summed E-state index contributed by atoms with van der Waals surface area (Å²) in [5.41, 5.74) is 27.6. The van der Waals surface area contributed by atoms with Crippen LogP contribution < -0.4 is 26.2 Å². The quantitative estimate of drug-likeness (QED) is 0.160. The van der Waals surface area contributed by atoms with Crippen molar-refractivity contribution >= 4 is 57.2 Å². The highest BCUT2D eigenvalue weighted by atomic mass is 15.2. The predicted molar refractivity (Wildman–Crippen MR) is 275 cm³/mol. The molecule has 0 atom stereocenters. The Kier molecular flexibility index (Phi) is 8.80. The van der Waals surface area contributed by atoms with Gasteiger partial charge in [-0.2, -0.15) is 0 Å². The smallest absolute Gasteiger partial charge is 0.252 e. The second-order valence-electron chi connectivity index (χ2n) is 26.1. The van der Waals surface area contributed by atoms with E-state index in [2.05, 4.69) is 201 Å². The molecule has 63 heavy (non-hydrogen) atoms. The molecule has 3 heteroatoms. The highest BCUT2D eigenvalue weighted by molar-refractivity contribution is 7.00. The van der Waals surface area contributed by atoms with E-state index < -0.39 is 0 Å². The first-order chi connectivity index (χ1) is 29.1. The number of nitrogens with zero attached hydrogens (tertiary/aromatic N) is 2. The third kappa shape index (κ3) is 6.09. The highest BCUT2D eigenvalue weighted by Crippen LogP contribution is 2.56. The molecule has 3 aliphatic carbocycles. The third-order valence-electron chi connectivity index (χ3n) is 17.4. The predicted octanol–water partition coefficient (Wildman–Crippen LogP) is 14.6. The molecule has 5 aromatic carbocycles. The minimum absolute atomic E-state index is 0.00188. The molecule has 0 aromatic heterocycles. The molecule has 0 unspecified atom stereocenters. The van der Waals surface area contributed by atoms with Crippen LogP contribution in [-0.4, -0.2) is 6.71 Å². The maximum atomic E-state index is 2.74. The van der Waals surface area contributed by atoms with Gasteiger partial charge in [-0.1, -0.05) is 134 Å². The molecule has 0 amide bonds. The molecule has 10 rings (SSSR count). The van der Waals surface area contributed by atoms with Gasteiger partial charge in [0, 0.05) is 34.1 Å². The maximum absolute atomic E-state index is 2.74. The van der Waals surface area contributed by atoms with Gasteiger partial charge in [0.2, 0.25) is 0 Å². The molecule has 0 saturated heterocycles. The Bertz CT molecular complexity index is 2800. The SMILES string of the molecule is Cc1cc2c3c(c1)N(c1ccc4c(c1C)C(C)(C)CCC4(C)C)c1cc4c(cc1B3c1cc(C(C)(C)C)ccc1N2c1cc2c(cc1C)C(C)(C)CCC2(C)C)C(C)(C)CC4(C)C. The first-order valence-electron chi connectivity index (χ1n) is 24.4. The summed E-state index contributed by atoms with van der Waals surface area (Å²) in [6, 6.07) is 28.1. The summed E-state index contributed by atoms with van der Waals surface area (Å²) in [5.74, 6) is 0. The van der Waals surface area contributed by atoms with Crippen LogP contribution in [0.25, 0.3) is 0 Å². The molecule has 0 saturated carbocycles. The van der Waals surface area contributed by atoms with Gasteiger partial charge in [-0.15, -0.1) is 0 Å². The molecular weight excluding hydrogens is 759 g/mol. The average molecular weight is 835 g/mol. The summed E-state index contributed by atoms with van der Waals surface area (Å²) in [6.45, 7) is 44.1. The van der Waals surface area contributed by atoms with Crippen molar-refractivity contribution < 1.29 is 0 Å². The lowest BCUT2D eigenvalue weighted by Crippen LogP contribution is -2.62. The largest absolute Gasteiger partial charge is 0.311 e. The molecular formula is C60H75BN2. The fourth-order valence-electron chi connectivity index (χ4n) is 13.8. The average Bonchev–Trinajstić information content (AvgIpc) is 3.35. The van der Waals surface area contributed by atoms with Gasteiger partial charge in [0.05, 0.1) is 0 Å². The Balaban J connectivity index is 1.34. The first-order valence-corrected chi connectivity index (χ1v) is 24.4. The van der Waals surface area contributed by atoms with Crippen LogP contribution in [0.3, 0.4) is 0 Å². The zero-order valence-corrected chi connectivity index (χ0v) is 42.4. The molecule has 0 bridgehead atoms. The Hall–Kier alpha value is -4.24. The topological polar surface area (TPSA) is 6.48 Å². The van der Waals surface area contributed by atoms with Crippen molar-refractivity contribution in [1.29, 1.82) is 0 Å². The molecule has 328 valence electrons. The minimum atomic E-state index is 0.00188. The third-order valence-corrected chi connectivity index (χ3v) is 17.4. The molecule has 5 aromatic rings. The van der Waals surface area contributed by atoms with Crippen LogP contribution in [0, 0.1) is 20.8 Å². The van der Waals surface area contributed by atoms with Crippen molar-refractivity contribution in [3.8, 4) is 0 Å². The van der Waals surface area contributed by atoms with Gasteiger partial charge in [0.25, 0.3) is 6.71 Å². The van der Waals surface area contributed by atoms with Crippen LogP contribution in [0.15, 0.2) is 66.7 Å². The zero-order chi connectivity index (χ0) is 45.5. The Morgan fingerprint density at radius 1 is 0.444 bits per heavy atom. The number of hydrogen-bond acceptors (Lipinski definition) is 2. The molecule has 2 nitrogen and oxygen atoms in total. The minimum Gasteiger partial charge on any atom is -0.311 e. The van der Waals surface area contributed by atoms with E-state index in [4.69, 9.17) is 0 Å². The van der Waals surface area contributed by atoms with Gasteiger partial charge < -0.3 is 9.80 Å². The normalized spacial score (nSPS) is 21.2. The van der Waals surface area contributed by atoms with E-state index in [1.54, 1.807) is 5.56 Å². The second-order valence-corrected chi connectivity index (χ2v) is 26.1. The van der Waals surface area contributed by atoms with E-state index in [0.29, 0.717) is 0 Å². The zero-order valence-electron chi connectivity index (χ0n) is 42.4. The summed E-state index contributed by atoms with van der Waals surface area (Å²) in [5, 5.41) is 0. The molecule has 5 aliphatic rings. The van der Waals surface area contributed by atoms with Crippen molar-refractivity contribution in [1.82, 2.24) is 0 Å². The van der Waals surface area contributed by atoms with Crippen LogP contribution in [-0.2, 0) is 37.9 Å². The summed E-state index contributed by atoms with van der Waals surface area (Å²) >= 11 is 0. The van der Waals surface area contributed by atoms with Gasteiger partial charge >= 0.3 is 0 Å². The fourth-order valence-corrected chi connectivity index (χ4v) is 13.8. The summed E-state index contributed by atoms with van der Waals surface area (Å²) in [6.07, 6.45) is 5.96. The van der Waals surface area contributed by atoms with E-state index in [9.17, 15) is 0 Å². The molecule has 2 aliphatic heterocycles. The van der Waals surface area contributed by atoms with Crippen LogP contribution in [0.2, 0.25) is 0 Å². The molecule has 0 radical (unpaired) electrons. The van der Waals surface area contributed by atoms with E-state index in [1.807, 2.05) is 0 Å². The standard InChI is InChI=1S/C60H75BN2/c1-35-27-50-53-51(28-35)63(48-32-42-40(29-36(48)2)56(9,10)23-24-57(42,11)12)47-21-19-38(54(4,5)6)30-44(47)61(53)45-31-41-43(60(17,18)34-59(41,15)16)33-49(45)62(50)46-22-20-39-52(37(46)3)58(13,14)26-25-55(39,7)8/h19-22,27-33H,23-26,34H2,1-18H3. The maximum Gasteiger partial charge on any atom is 0.252 e. The number of rotatable bonds is 2. The lowest BCUT2D eigenvalue weighted by Gasteiger charge is -2.48. The number of hydrogen-bond donors (Lipinski definition) is 0. The van der Waals surface area contributed by atoms with E-state index >= 15 is 0 Å². The first kappa shape index (κ1) is 42.7. The van der Waals surface area contributed by atoms with Crippen molar-refractivity contribution in [2.45, 2.75) is 195 Å². The monoisotopic (exact) mass is 835 g/mol. The number of fused-ring (bicyclic) bond motifs is 7. The van der Waals surface area contributed by atoms with Gasteiger partial charge in [-0.25, -0.2) is 0 Å². The lowest BCUT2D eigenvalue weighted by atomic mass is 9.33. The second kappa shape index (κ2) is 13.0. The highest BCUT2D eigenvalue weighted by Gasteiger charge is 2.50. The van der Waals surface area contributed by atoms with Crippen molar-refractivity contribution in [3.05, 3.63) is 122 Å². The number of aryl methyl sites for hydroxylation is 2. The fraction of sp³-hybridized carbons (Fsp3) is 0.500. The van der Waals surface area contributed by atoms with Gasteiger partial charge in [0.15, 0.2) is 0 Å². The van der Waals surface area contributed by atoms with Crippen molar-refractivity contribution in [2.75, 3.05) is 9.80 Å². The van der Waals surface area contributed by atoms with Crippen molar-refractivity contribution in [2.24, 2.45) is 0 Å². The van der Waals surface area contributed by atoms with E-state index in [-0.39, 0.29) is 44.6 Å². The number of benzene rings is 5. The van der Waals surface area contributed by atoms with Crippen LogP contribution >= 0.6 is 0 Å². The molecule has 2 heterocycles. The number of anilines is 6. The van der Waals surface area contributed by atoms with Crippen LogP contribution in [0.4, 0.5) is 34.1 Å². The Morgan fingerprint density at radius 3 is 1.52 bits per heavy atom. The Morgan fingerprint density at radius 2 is 0.921 bits per heavy atom. The van der Waals surface area contributed by atoms with Gasteiger partial charge in [-0.3, -0.25) is 0 Å². The molecule has 0 N–H and O–H groups in total. The van der Waals surface area contributed by atoms with Crippen LogP contribution in [0.5, 0.6) is 0 Å². The van der Waals surface area contributed by atoms with Gasteiger partial charge in [-0.05, 0) is 199 Å². The Labute approximate surface area is 382 Å². The summed E-state index contributed by atoms with van der Waals surface area (Å²) in [4.78, 5) is 5.45. The van der Waals surface area contributed by atoms with E-state index in [0.717, 1.165) is 6.42 Å². The van der Waals surface area contributed by atoms with Crippen LogP contribution in [0.1, 0.15) is 192 Å². The summed E-state index contributed by atoms with van der Waals surface area (Å²) < 4.78 is 0. The van der Waals surface area contributed by atoms with E-state index in [1.165, 1.54) is 126 Å². The van der Waals surface area contributed by atoms with Gasteiger partial charge in [0.1, 0.15) is 0 Å². The lowest BCUT2D eigenvalue weighted by molar-refractivity contribution is 0.330. The summed E-state index contributed by atoms with van der Waals surface area (Å²) in [7, 11) is 0. The van der Waals surface area contributed by atoms with Crippen molar-refractivity contribution in [3.63, 3.8) is 0 Å². The molecule has 0 fully saturated rings. The molecule has 0 spiro atoms.